The standard InChI is InChI=1S/C26H21ClN2O4S/c27-19-9-4-18(5-10-19)15-32-20-11-6-17(7-12-20)8-13-25(31)33-16-24(30)29-26-22(14-28)21-2-1-3-23(21)34-26/h4-13H,1-3,15-16H2,(H,29,30). The van der Waals surface area contributed by atoms with E-state index in [1.54, 1.807) is 18.2 Å². The maximum atomic E-state index is 12.2. The molecule has 4 rings (SSSR count). The average Bonchev–Trinajstić information content (AvgIpc) is 3.42. The van der Waals surface area contributed by atoms with Crippen LogP contribution >= 0.6 is 22.9 Å². The number of nitriles is 1. The van der Waals surface area contributed by atoms with Crippen LogP contribution in [0.3, 0.4) is 0 Å². The summed E-state index contributed by atoms with van der Waals surface area (Å²) in [6.45, 7) is -0.00120. The van der Waals surface area contributed by atoms with Crippen molar-refractivity contribution in [1.82, 2.24) is 0 Å². The largest absolute Gasteiger partial charge is 0.489 e. The molecule has 0 bridgehead atoms. The lowest BCUT2D eigenvalue weighted by molar-refractivity contribution is -0.142. The molecule has 0 atom stereocenters. The normalized spacial score (nSPS) is 12.2. The number of thiophene rings is 1. The number of fused-ring (bicyclic) bond motifs is 1. The van der Waals surface area contributed by atoms with Gasteiger partial charge in [0, 0.05) is 16.0 Å². The molecule has 172 valence electrons. The molecule has 1 heterocycles. The summed E-state index contributed by atoms with van der Waals surface area (Å²) in [5.41, 5.74) is 3.35. The van der Waals surface area contributed by atoms with E-state index in [1.165, 1.54) is 17.4 Å². The Bertz CT molecular complexity index is 1260. The molecule has 0 radical (unpaired) electrons. The van der Waals surface area contributed by atoms with Crippen molar-refractivity contribution in [3.63, 3.8) is 0 Å². The highest BCUT2D eigenvalue weighted by Crippen LogP contribution is 2.38. The fourth-order valence-electron chi connectivity index (χ4n) is 3.54. The van der Waals surface area contributed by atoms with Crippen molar-refractivity contribution < 1.29 is 19.1 Å². The molecule has 3 aromatic rings. The number of halogens is 1. The van der Waals surface area contributed by atoms with Crippen LogP contribution in [0.5, 0.6) is 5.75 Å². The van der Waals surface area contributed by atoms with Crippen LogP contribution in [-0.2, 0) is 33.8 Å². The second-order valence-electron chi connectivity index (χ2n) is 7.65. The highest BCUT2D eigenvalue weighted by atomic mass is 35.5. The van der Waals surface area contributed by atoms with Crippen LogP contribution < -0.4 is 10.1 Å². The molecule has 0 spiro atoms. The predicted octanol–water partition coefficient (Wildman–Crippen LogP) is 5.54. The van der Waals surface area contributed by atoms with Gasteiger partial charge in [-0.05, 0) is 66.3 Å². The van der Waals surface area contributed by atoms with E-state index in [9.17, 15) is 14.9 Å². The second kappa shape index (κ2) is 11.0. The molecule has 1 aromatic heterocycles. The Morgan fingerprint density at radius 1 is 1.12 bits per heavy atom. The lowest BCUT2D eigenvalue weighted by Gasteiger charge is -2.06. The van der Waals surface area contributed by atoms with E-state index in [2.05, 4.69) is 11.4 Å². The molecule has 1 aliphatic rings. The SMILES string of the molecule is N#Cc1c(NC(=O)COC(=O)C=Cc2ccc(OCc3ccc(Cl)cc3)cc2)sc2c1CCC2. The lowest BCUT2D eigenvalue weighted by Crippen LogP contribution is -2.20. The van der Waals surface area contributed by atoms with Gasteiger partial charge in [0.1, 0.15) is 23.4 Å². The first kappa shape index (κ1) is 23.6. The first-order chi connectivity index (χ1) is 16.5. The molecule has 1 N–H and O–H groups in total. The third kappa shape index (κ3) is 6.04. The summed E-state index contributed by atoms with van der Waals surface area (Å²) in [6, 6.07) is 16.8. The summed E-state index contributed by atoms with van der Waals surface area (Å²) in [4.78, 5) is 25.3. The van der Waals surface area contributed by atoms with Crippen molar-refractivity contribution >= 4 is 45.9 Å². The minimum absolute atomic E-state index is 0.421. The summed E-state index contributed by atoms with van der Waals surface area (Å²) in [7, 11) is 0. The molecular formula is C26H21ClN2O4S. The maximum Gasteiger partial charge on any atom is 0.331 e. The Balaban J connectivity index is 1.22. The van der Waals surface area contributed by atoms with Gasteiger partial charge >= 0.3 is 5.97 Å². The highest BCUT2D eigenvalue weighted by Gasteiger charge is 2.23. The van der Waals surface area contributed by atoms with Crippen molar-refractivity contribution in [2.75, 3.05) is 11.9 Å². The van der Waals surface area contributed by atoms with E-state index in [0.717, 1.165) is 40.8 Å². The van der Waals surface area contributed by atoms with Crippen molar-refractivity contribution in [3.05, 3.63) is 86.8 Å². The Morgan fingerprint density at radius 2 is 1.88 bits per heavy atom. The van der Waals surface area contributed by atoms with Gasteiger partial charge in [-0.2, -0.15) is 5.26 Å². The number of amides is 1. The maximum absolute atomic E-state index is 12.2. The molecule has 1 amide bonds. The van der Waals surface area contributed by atoms with Gasteiger partial charge in [0.25, 0.3) is 5.91 Å². The summed E-state index contributed by atoms with van der Waals surface area (Å²) >= 11 is 7.30. The quantitative estimate of drug-likeness (QED) is 0.329. The third-order valence-corrected chi connectivity index (χ3v) is 6.70. The molecule has 0 saturated heterocycles. The Labute approximate surface area is 206 Å². The van der Waals surface area contributed by atoms with Gasteiger partial charge in [-0.3, -0.25) is 4.79 Å². The number of hydrogen-bond donors (Lipinski definition) is 1. The van der Waals surface area contributed by atoms with E-state index in [1.807, 2.05) is 36.4 Å². The molecule has 2 aromatic carbocycles. The predicted molar refractivity (Wildman–Crippen MR) is 132 cm³/mol. The van der Waals surface area contributed by atoms with Gasteiger partial charge in [0.2, 0.25) is 0 Å². The topological polar surface area (TPSA) is 88.4 Å². The Hall–Kier alpha value is -3.60. The monoisotopic (exact) mass is 492 g/mol. The van der Waals surface area contributed by atoms with Crippen molar-refractivity contribution in [2.45, 2.75) is 25.9 Å². The summed E-state index contributed by atoms with van der Waals surface area (Å²) in [5, 5.41) is 13.3. The zero-order valence-corrected chi connectivity index (χ0v) is 19.7. The van der Waals surface area contributed by atoms with E-state index in [0.29, 0.717) is 27.9 Å². The fourth-order valence-corrected chi connectivity index (χ4v) is 4.93. The van der Waals surface area contributed by atoms with Gasteiger partial charge in [-0.25, -0.2) is 4.79 Å². The smallest absolute Gasteiger partial charge is 0.331 e. The zero-order valence-electron chi connectivity index (χ0n) is 18.2. The molecule has 0 fully saturated rings. The van der Waals surface area contributed by atoms with Crippen LogP contribution in [0.1, 0.15) is 33.6 Å². The van der Waals surface area contributed by atoms with Crippen LogP contribution in [0.4, 0.5) is 5.00 Å². The van der Waals surface area contributed by atoms with E-state index < -0.39 is 18.5 Å². The molecule has 6 nitrogen and oxygen atoms in total. The van der Waals surface area contributed by atoms with E-state index in [-0.39, 0.29) is 0 Å². The fraction of sp³-hybridized carbons (Fsp3) is 0.192. The number of ether oxygens (including phenoxy) is 2. The zero-order chi connectivity index (χ0) is 23.9. The van der Waals surface area contributed by atoms with E-state index in [4.69, 9.17) is 21.1 Å². The number of benzene rings is 2. The second-order valence-corrected chi connectivity index (χ2v) is 9.19. The van der Waals surface area contributed by atoms with Gasteiger partial charge in [-0.1, -0.05) is 35.9 Å². The van der Waals surface area contributed by atoms with Crippen molar-refractivity contribution in [3.8, 4) is 11.8 Å². The van der Waals surface area contributed by atoms with Crippen LogP contribution in [0, 0.1) is 11.3 Å². The van der Waals surface area contributed by atoms with Gasteiger partial charge in [0.05, 0.1) is 5.56 Å². The highest BCUT2D eigenvalue weighted by molar-refractivity contribution is 7.16. The number of anilines is 1. The molecule has 8 heteroatoms. The summed E-state index contributed by atoms with van der Waals surface area (Å²) < 4.78 is 10.8. The number of hydrogen-bond acceptors (Lipinski definition) is 6. The molecule has 0 aliphatic heterocycles. The molecule has 0 saturated carbocycles. The number of carbonyl (C=O) groups excluding carboxylic acids is 2. The first-order valence-electron chi connectivity index (χ1n) is 10.7. The minimum Gasteiger partial charge on any atom is -0.489 e. The number of aryl methyl sites for hydroxylation is 1. The lowest BCUT2D eigenvalue weighted by atomic mass is 10.1. The average molecular weight is 493 g/mol. The molecule has 1 aliphatic carbocycles. The number of rotatable bonds is 8. The Kier molecular flexibility index (Phi) is 7.63. The summed E-state index contributed by atoms with van der Waals surface area (Å²) in [5.74, 6) is -0.407. The Morgan fingerprint density at radius 3 is 2.62 bits per heavy atom. The number of nitrogens with one attached hydrogen (secondary N) is 1. The molecule has 34 heavy (non-hydrogen) atoms. The van der Waals surface area contributed by atoms with Gasteiger partial charge < -0.3 is 14.8 Å². The van der Waals surface area contributed by atoms with Crippen LogP contribution in [0.15, 0.2) is 54.6 Å². The third-order valence-electron chi connectivity index (χ3n) is 5.24. The van der Waals surface area contributed by atoms with Crippen molar-refractivity contribution in [2.24, 2.45) is 0 Å². The minimum atomic E-state index is -0.632. The van der Waals surface area contributed by atoms with Crippen LogP contribution in [0.2, 0.25) is 5.02 Å². The number of nitrogens with zero attached hydrogens (tertiary/aromatic N) is 1. The summed E-state index contributed by atoms with van der Waals surface area (Å²) in [6.07, 6.45) is 5.69. The molecular weight excluding hydrogens is 472 g/mol. The van der Waals surface area contributed by atoms with Crippen molar-refractivity contribution in [1.29, 1.82) is 5.26 Å². The van der Waals surface area contributed by atoms with Crippen LogP contribution in [-0.4, -0.2) is 18.5 Å². The molecule has 0 unspecified atom stereocenters. The van der Waals surface area contributed by atoms with Gasteiger partial charge in [0.15, 0.2) is 6.61 Å². The first-order valence-corrected chi connectivity index (χ1v) is 11.9. The van der Waals surface area contributed by atoms with Gasteiger partial charge in [-0.15, -0.1) is 11.3 Å². The van der Waals surface area contributed by atoms with E-state index >= 15 is 0 Å². The number of esters is 1. The van der Waals surface area contributed by atoms with Crippen LogP contribution in [0.25, 0.3) is 6.08 Å². The number of carbonyl (C=O) groups is 2.